The maximum absolute atomic E-state index is 17.4. The Balaban J connectivity index is 1.22. The molecule has 1 N–H and O–H groups in total. The number of carbonyl (C=O) groups is 2. The highest BCUT2D eigenvalue weighted by Gasteiger charge is 2.49. The molecule has 2 aromatic heterocycles. The fraction of sp³-hybridized carbons (Fsp3) is 0.513. The van der Waals surface area contributed by atoms with Gasteiger partial charge in [-0.1, -0.05) is 6.07 Å². The largest absolute Gasteiger partial charge is 0.461 e. The third-order valence-corrected chi connectivity index (χ3v) is 11.7. The van der Waals surface area contributed by atoms with Gasteiger partial charge in [-0.3, -0.25) is 9.88 Å². The standard InChI is InChI=1S/C39H40F5N7O5/c1-38-12-22(40)15-50(19-38)34-28-14-45-32(31(44)33(28)46-35(47-34)55-20-39-7-3-8-51(39)18-23(41)13-39)27-11-25(56-37(53)49-16-24(42)17-49)10-21-5-6-29(43)26(30(21)27)4-2-9-54-36(52)48-38/h5-6,10-11,14,22-24H,2-4,7-9,12-13,15-20H2,1H3,(H,48,52)/t22-,23-,38-,39+/m1/s1. The molecule has 56 heavy (non-hydrogen) atoms. The van der Waals surface area contributed by atoms with Gasteiger partial charge in [-0.15, -0.1) is 0 Å². The first-order valence-electron chi connectivity index (χ1n) is 19.0. The number of aromatic nitrogens is 3. The number of aryl methyl sites for hydroxylation is 1. The zero-order chi connectivity index (χ0) is 38.9. The van der Waals surface area contributed by atoms with E-state index in [0.717, 1.165) is 13.0 Å². The number of nitrogens with one attached hydrogen (secondary N) is 1. The van der Waals surface area contributed by atoms with Gasteiger partial charge in [-0.25, -0.2) is 31.5 Å². The zero-order valence-electron chi connectivity index (χ0n) is 30.6. The Morgan fingerprint density at radius 2 is 1.86 bits per heavy atom. The van der Waals surface area contributed by atoms with E-state index in [-0.39, 0.29) is 122 Å². The summed E-state index contributed by atoms with van der Waals surface area (Å²) in [5.74, 6) is -1.44. The van der Waals surface area contributed by atoms with Crippen LogP contribution in [0.15, 0.2) is 30.5 Å². The molecule has 296 valence electrons. The maximum atomic E-state index is 17.4. The second-order valence-electron chi connectivity index (χ2n) is 15.9. The van der Waals surface area contributed by atoms with E-state index in [9.17, 15) is 18.4 Å². The molecule has 4 aromatic rings. The second kappa shape index (κ2) is 13.8. The summed E-state index contributed by atoms with van der Waals surface area (Å²) in [7, 11) is 0. The van der Waals surface area contributed by atoms with Crippen LogP contribution in [0.1, 0.15) is 44.6 Å². The van der Waals surface area contributed by atoms with Crippen LogP contribution in [0.3, 0.4) is 0 Å². The first-order valence-corrected chi connectivity index (χ1v) is 19.0. The highest BCUT2D eigenvalue weighted by Crippen LogP contribution is 2.43. The number of fused-ring (bicyclic) bond motifs is 7. The van der Waals surface area contributed by atoms with Gasteiger partial charge in [0.2, 0.25) is 0 Å². The van der Waals surface area contributed by atoms with E-state index in [0.29, 0.717) is 11.8 Å². The van der Waals surface area contributed by atoms with Gasteiger partial charge in [0.25, 0.3) is 0 Å². The number of halogens is 5. The van der Waals surface area contributed by atoms with E-state index in [1.807, 2.05) is 0 Å². The number of hydrogen-bond donors (Lipinski definition) is 1. The number of carbonyl (C=O) groups excluding carboxylic acids is 2. The number of amides is 2. The number of piperidine rings is 1. The van der Waals surface area contributed by atoms with Crippen LogP contribution in [-0.4, -0.2) is 119 Å². The summed E-state index contributed by atoms with van der Waals surface area (Å²) in [6.07, 6.45) is -1.83. The molecule has 4 atom stereocenters. The minimum Gasteiger partial charge on any atom is -0.461 e. The predicted molar refractivity (Wildman–Crippen MR) is 194 cm³/mol. The number of anilines is 1. The molecule has 0 unspecified atom stereocenters. The first-order chi connectivity index (χ1) is 26.9. The van der Waals surface area contributed by atoms with Gasteiger partial charge >= 0.3 is 18.2 Å². The van der Waals surface area contributed by atoms with Crippen molar-refractivity contribution in [3.8, 4) is 23.0 Å². The number of rotatable bonds is 4. The molecule has 2 aromatic carbocycles. The lowest BCUT2D eigenvalue weighted by molar-refractivity contribution is 0.0651. The zero-order valence-corrected chi connectivity index (χ0v) is 30.6. The second-order valence-corrected chi connectivity index (χ2v) is 15.9. The van der Waals surface area contributed by atoms with E-state index in [4.69, 9.17) is 14.2 Å². The maximum Gasteiger partial charge on any atom is 0.415 e. The Kier molecular flexibility index (Phi) is 9.04. The number of nitrogens with zero attached hydrogens (tertiary/aromatic N) is 6. The molecule has 10 rings (SSSR count). The molecule has 6 aliphatic rings. The van der Waals surface area contributed by atoms with Crippen LogP contribution < -0.4 is 19.7 Å². The summed E-state index contributed by atoms with van der Waals surface area (Å²) < 4.78 is 94.4. The molecular formula is C39H40F5N7O5. The number of pyridine rings is 1. The summed E-state index contributed by atoms with van der Waals surface area (Å²) in [4.78, 5) is 44.5. The monoisotopic (exact) mass is 781 g/mol. The highest BCUT2D eigenvalue weighted by atomic mass is 19.1. The molecule has 0 spiro atoms. The minimum absolute atomic E-state index is 0.0124. The van der Waals surface area contributed by atoms with E-state index >= 15 is 13.2 Å². The molecule has 0 aliphatic carbocycles. The first kappa shape index (κ1) is 36.6. The van der Waals surface area contributed by atoms with Crippen LogP contribution in [0.4, 0.5) is 37.4 Å². The molecule has 17 heteroatoms. The Morgan fingerprint density at radius 1 is 1.04 bits per heavy atom. The van der Waals surface area contributed by atoms with Crippen LogP contribution in [0.25, 0.3) is 32.9 Å². The molecule has 6 bridgehead atoms. The fourth-order valence-electron chi connectivity index (χ4n) is 9.17. The Hall–Kier alpha value is -5.06. The van der Waals surface area contributed by atoms with Gasteiger partial charge in [-0.2, -0.15) is 9.97 Å². The number of alkyl carbamates (subject to hydrolysis) is 1. The van der Waals surface area contributed by atoms with Crippen molar-refractivity contribution in [3.05, 3.63) is 47.7 Å². The lowest BCUT2D eigenvalue weighted by Gasteiger charge is -2.42. The summed E-state index contributed by atoms with van der Waals surface area (Å²) in [5, 5.41) is 3.57. The number of benzene rings is 2. The molecule has 8 heterocycles. The van der Waals surface area contributed by atoms with Gasteiger partial charge in [0.15, 0.2) is 5.82 Å². The molecule has 0 radical (unpaired) electrons. The van der Waals surface area contributed by atoms with E-state index < -0.39 is 53.4 Å². The topological polar surface area (TPSA) is 122 Å². The van der Waals surface area contributed by atoms with Crippen molar-refractivity contribution < 1.29 is 45.8 Å². The smallest absolute Gasteiger partial charge is 0.415 e. The van der Waals surface area contributed by atoms with Crippen LogP contribution >= 0.6 is 0 Å². The molecule has 4 fully saturated rings. The highest BCUT2D eigenvalue weighted by molar-refractivity contribution is 6.02. The summed E-state index contributed by atoms with van der Waals surface area (Å²) >= 11 is 0. The molecule has 6 aliphatic heterocycles. The quantitative estimate of drug-likeness (QED) is 0.239. The number of hydrogen-bond acceptors (Lipinski definition) is 10. The molecule has 0 saturated carbocycles. The van der Waals surface area contributed by atoms with E-state index in [1.165, 1.54) is 35.4 Å². The average Bonchev–Trinajstić information content (AvgIpc) is 3.66. The Morgan fingerprint density at radius 3 is 2.68 bits per heavy atom. The normalized spacial score (nSPS) is 26.9. The third kappa shape index (κ3) is 6.56. The van der Waals surface area contributed by atoms with Crippen molar-refractivity contribution in [1.82, 2.24) is 30.1 Å². The van der Waals surface area contributed by atoms with Gasteiger partial charge < -0.3 is 29.3 Å². The van der Waals surface area contributed by atoms with Gasteiger partial charge in [0.1, 0.15) is 53.7 Å². The number of likely N-dealkylation sites (tertiary alicyclic amines) is 1. The summed E-state index contributed by atoms with van der Waals surface area (Å²) in [6.45, 7) is 2.26. The van der Waals surface area contributed by atoms with Crippen LogP contribution in [-0.2, 0) is 11.2 Å². The number of alkyl halides is 3. The van der Waals surface area contributed by atoms with Crippen molar-refractivity contribution in [2.45, 2.75) is 75.0 Å². The van der Waals surface area contributed by atoms with Gasteiger partial charge in [0, 0.05) is 37.7 Å². The minimum atomic E-state index is -1.43. The van der Waals surface area contributed by atoms with Gasteiger partial charge in [0.05, 0.1) is 42.7 Å². The molecule has 4 saturated heterocycles. The lowest BCUT2D eigenvalue weighted by Crippen LogP contribution is -2.60. The Labute approximate surface area is 318 Å². The van der Waals surface area contributed by atoms with Crippen molar-refractivity contribution >= 4 is 39.7 Å². The Bertz CT molecular complexity index is 2250. The van der Waals surface area contributed by atoms with E-state index in [2.05, 4.69) is 25.2 Å². The van der Waals surface area contributed by atoms with Crippen LogP contribution in [0.2, 0.25) is 0 Å². The number of ether oxygens (including phenoxy) is 3. The van der Waals surface area contributed by atoms with Crippen molar-refractivity contribution in [2.24, 2.45) is 0 Å². The third-order valence-electron chi connectivity index (χ3n) is 11.7. The fourth-order valence-corrected chi connectivity index (χ4v) is 9.17. The predicted octanol–water partition coefficient (Wildman–Crippen LogP) is 6.21. The summed E-state index contributed by atoms with van der Waals surface area (Å²) in [5.41, 5.74) is -1.95. The van der Waals surface area contributed by atoms with Gasteiger partial charge in [-0.05, 0) is 73.7 Å². The lowest BCUT2D eigenvalue weighted by atomic mass is 9.90. The molecule has 2 amide bonds. The van der Waals surface area contributed by atoms with Crippen LogP contribution in [0, 0.1) is 11.6 Å². The van der Waals surface area contributed by atoms with Crippen molar-refractivity contribution in [1.29, 1.82) is 0 Å². The van der Waals surface area contributed by atoms with Crippen molar-refractivity contribution in [3.63, 3.8) is 0 Å². The van der Waals surface area contributed by atoms with E-state index in [1.54, 1.807) is 11.8 Å². The molecule has 12 nitrogen and oxygen atoms in total. The summed E-state index contributed by atoms with van der Waals surface area (Å²) in [6, 6.07) is 5.35. The average molecular weight is 782 g/mol. The van der Waals surface area contributed by atoms with Crippen LogP contribution in [0.5, 0.6) is 11.8 Å². The van der Waals surface area contributed by atoms with Crippen molar-refractivity contribution in [2.75, 3.05) is 57.4 Å². The molecular weight excluding hydrogens is 741 g/mol. The SMILES string of the molecule is C[C@@]12C[C@@H](F)CN(C1)c1nc(OC[C@@]34CCCN3C[C@H](F)C4)nc3c(F)c(ncc13)-c1cc(OC(=O)N3CC(F)C3)cc3ccc(F)c(c13)CCCOC(=O)N2.